The van der Waals surface area contributed by atoms with Gasteiger partial charge in [0.25, 0.3) is 0 Å². The number of ketones is 1. The van der Waals surface area contributed by atoms with Gasteiger partial charge in [0.15, 0.2) is 11.0 Å². The third kappa shape index (κ3) is 4.22. The molecule has 0 radical (unpaired) electrons. The fraction of sp³-hybridized carbons (Fsp3) is 0.474. The highest BCUT2D eigenvalue weighted by atomic mass is 35.5. The van der Waals surface area contributed by atoms with Crippen molar-refractivity contribution in [3.63, 3.8) is 0 Å². The molecule has 0 unspecified atom stereocenters. The van der Waals surface area contributed by atoms with Crippen LogP contribution in [-0.4, -0.2) is 35.7 Å². The highest BCUT2D eigenvalue weighted by molar-refractivity contribution is 8.14. The molecule has 5 heteroatoms. The van der Waals surface area contributed by atoms with Crippen LogP contribution in [0.25, 0.3) is 0 Å². The molecule has 0 atom stereocenters. The number of amidine groups is 1. The van der Waals surface area contributed by atoms with Crippen LogP contribution < -0.4 is 0 Å². The van der Waals surface area contributed by atoms with E-state index in [0.29, 0.717) is 10.8 Å². The van der Waals surface area contributed by atoms with Crippen molar-refractivity contribution in [2.24, 2.45) is 4.99 Å². The largest absolute Gasteiger partial charge is 0.332 e. The first-order valence-corrected chi connectivity index (χ1v) is 9.64. The Hall–Kier alpha value is -1.26. The average molecular weight is 365 g/mol. The van der Waals surface area contributed by atoms with E-state index in [0.717, 1.165) is 36.4 Å². The summed E-state index contributed by atoms with van der Waals surface area (Å²) in [6, 6.07) is 7.80. The maximum absolute atomic E-state index is 13.2. The first-order valence-electron chi connectivity index (χ1n) is 8.28. The van der Waals surface area contributed by atoms with E-state index in [1.54, 1.807) is 13.2 Å². The number of carbonyl (C=O) groups excluding carboxylic acids is 1. The normalized spacial score (nSPS) is 17.4. The molecule has 0 aromatic heterocycles. The summed E-state index contributed by atoms with van der Waals surface area (Å²) in [6.45, 7) is 3.75. The highest BCUT2D eigenvalue weighted by Crippen LogP contribution is 2.41. The van der Waals surface area contributed by atoms with E-state index in [-0.39, 0.29) is 11.2 Å². The summed E-state index contributed by atoms with van der Waals surface area (Å²) < 4.78 is 0. The Balaban J connectivity index is 2.20. The number of nitrogens with zero attached hydrogens (tertiary/aromatic N) is 2. The molecule has 0 spiro atoms. The van der Waals surface area contributed by atoms with Crippen molar-refractivity contribution in [2.45, 2.75) is 37.5 Å². The molecular weight excluding hydrogens is 340 g/mol. The quantitative estimate of drug-likeness (QED) is 0.550. The third-order valence-corrected chi connectivity index (χ3v) is 6.12. The number of hydrogen-bond acceptors (Lipinski definition) is 3. The minimum atomic E-state index is -0.374. The van der Waals surface area contributed by atoms with Gasteiger partial charge in [-0.3, -0.25) is 9.79 Å². The summed E-state index contributed by atoms with van der Waals surface area (Å²) in [4.78, 5) is 19.3. The molecule has 0 amide bonds. The Labute approximate surface area is 154 Å². The van der Waals surface area contributed by atoms with Crippen molar-refractivity contribution in [1.29, 1.82) is 0 Å². The van der Waals surface area contributed by atoms with Gasteiger partial charge >= 0.3 is 0 Å². The fourth-order valence-corrected chi connectivity index (χ4v) is 4.39. The van der Waals surface area contributed by atoms with E-state index < -0.39 is 0 Å². The summed E-state index contributed by atoms with van der Waals surface area (Å²) in [6.07, 6.45) is 6.94. The molecule has 24 heavy (non-hydrogen) atoms. The van der Waals surface area contributed by atoms with Gasteiger partial charge in [0, 0.05) is 19.1 Å². The number of thioether (sulfide) groups is 1. The molecule has 130 valence electrons. The summed E-state index contributed by atoms with van der Waals surface area (Å²) in [7, 11) is 3.63. The molecule has 1 fully saturated rings. The van der Waals surface area contributed by atoms with Crippen molar-refractivity contribution in [1.82, 2.24) is 4.90 Å². The van der Waals surface area contributed by atoms with Crippen LogP contribution in [0, 0.1) is 0 Å². The standard InChI is InChI=1S/C19H25ClN2OS/c1-4-22(3)18(21-2)24-14-17(23)19(12-6-5-7-13-19)15-8-10-16(20)11-9-15/h4,8-11H,1,5-7,12-14H2,2-3H3. The van der Waals surface area contributed by atoms with Gasteiger partial charge in [0.2, 0.25) is 0 Å². The van der Waals surface area contributed by atoms with Gasteiger partial charge in [-0.2, -0.15) is 0 Å². The molecular formula is C19H25ClN2OS. The zero-order valence-electron chi connectivity index (χ0n) is 14.4. The third-order valence-electron chi connectivity index (χ3n) is 4.74. The number of hydrogen-bond donors (Lipinski definition) is 0. The van der Waals surface area contributed by atoms with Crippen LogP contribution >= 0.6 is 23.4 Å². The molecule has 0 saturated heterocycles. The number of halogens is 1. The molecule has 1 aliphatic carbocycles. The maximum atomic E-state index is 13.2. The van der Waals surface area contributed by atoms with Gasteiger partial charge in [0.1, 0.15) is 0 Å². The molecule has 3 nitrogen and oxygen atoms in total. The smallest absolute Gasteiger partial charge is 0.163 e. The average Bonchev–Trinajstić information content (AvgIpc) is 2.62. The Morgan fingerprint density at radius 2 is 1.96 bits per heavy atom. The summed E-state index contributed by atoms with van der Waals surface area (Å²) >= 11 is 7.51. The molecule has 0 bridgehead atoms. The van der Waals surface area contributed by atoms with Gasteiger partial charge in [-0.1, -0.05) is 61.3 Å². The predicted molar refractivity (Wildman–Crippen MR) is 105 cm³/mol. The van der Waals surface area contributed by atoms with Crippen LogP contribution in [0.5, 0.6) is 0 Å². The van der Waals surface area contributed by atoms with Crippen LogP contribution in [0.4, 0.5) is 0 Å². The van der Waals surface area contributed by atoms with Crippen molar-refractivity contribution >= 4 is 34.3 Å². The fourth-order valence-electron chi connectivity index (χ4n) is 3.32. The van der Waals surface area contributed by atoms with Crippen molar-refractivity contribution in [2.75, 3.05) is 19.8 Å². The number of benzene rings is 1. The highest BCUT2D eigenvalue weighted by Gasteiger charge is 2.40. The van der Waals surface area contributed by atoms with Crippen molar-refractivity contribution < 1.29 is 4.79 Å². The molecule has 1 aromatic carbocycles. The number of rotatable bonds is 5. The number of carbonyl (C=O) groups is 1. The first kappa shape index (κ1) is 19.1. The van der Waals surface area contributed by atoms with Gasteiger partial charge < -0.3 is 4.90 Å². The molecule has 0 aliphatic heterocycles. The molecule has 0 heterocycles. The van der Waals surface area contributed by atoms with Gasteiger partial charge in [-0.05, 0) is 36.7 Å². The second-order valence-corrected chi connectivity index (χ2v) is 7.54. The van der Waals surface area contributed by atoms with E-state index in [4.69, 9.17) is 11.6 Å². The van der Waals surface area contributed by atoms with E-state index in [2.05, 4.69) is 11.6 Å². The lowest BCUT2D eigenvalue weighted by Crippen LogP contribution is -2.39. The van der Waals surface area contributed by atoms with E-state index in [1.165, 1.54) is 18.2 Å². The van der Waals surface area contributed by atoms with E-state index >= 15 is 0 Å². The molecule has 2 rings (SSSR count). The second-order valence-electron chi connectivity index (χ2n) is 6.16. The SMILES string of the molecule is C=CN(C)C(=NC)SCC(=O)C1(c2ccc(Cl)cc2)CCCCC1. The Morgan fingerprint density at radius 1 is 1.33 bits per heavy atom. The van der Waals surface area contributed by atoms with Gasteiger partial charge in [-0.15, -0.1) is 0 Å². The summed E-state index contributed by atoms with van der Waals surface area (Å²) in [5.41, 5.74) is 0.728. The molecule has 1 saturated carbocycles. The Kier molecular flexibility index (Phi) is 6.93. The van der Waals surface area contributed by atoms with Gasteiger partial charge in [0.05, 0.1) is 11.2 Å². The molecule has 1 aromatic rings. The van der Waals surface area contributed by atoms with Crippen molar-refractivity contribution in [3.8, 4) is 0 Å². The summed E-state index contributed by atoms with van der Waals surface area (Å²) in [5.74, 6) is 0.709. The lowest BCUT2D eigenvalue weighted by atomic mass is 9.67. The summed E-state index contributed by atoms with van der Waals surface area (Å²) in [5, 5.41) is 1.51. The zero-order chi connectivity index (χ0) is 17.6. The minimum absolute atomic E-state index is 0.285. The monoisotopic (exact) mass is 364 g/mol. The topological polar surface area (TPSA) is 32.7 Å². The first-order chi connectivity index (χ1) is 11.5. The molecule has 0 N–H and O–H groups in total. The van der Waals surface area contributed by atoms with E-state index in [1.807, 2.05) is 36.2 Å². The van der Waals surface area contributed by atoms with E-state index in [9.17, 15) is 4.79 Å². The number of Topliss-reactive ketones (excluding diaryl/α,β-unsaturated/α-hetero) is 1. The van der Waals surface area contributed by atoms with Crippen molar-refractivity contribution in [3.05, 3.63) is 47.6 Å². The lowest BCUT2D eigenvalue weighted by molar-refractivity contribution is -0.123. The van der Waals surface area contributed by atoms with Gasteiger partial charge in [-0.25, -0.2) is 0 Å². The Morgan fingerprint density at radius 3 is 2.50 bits per heavy atom. The lowest BCUT2D eigenvalue weighted by Gasteiger charge is -2.36. The van der Waals surface area contributed by atoms with Crippen LogP contribution in [0.2, 0.25) is 5.02 Å². The molecule has 1 aliphatic rings. The van der Waals surface area contributed by atoms with Crippen LogP contribution in [0.3, 0.4) is 0 Å². The second kappa shape index (κ2) is 8.72. The predicted octanol–water partition coefficient (Wildman–Crippen LogP) is 4.91. The number of aliphatic imine (C=N–C) groups is 1. The zero-order valence-corrected chi connectivity index (χ0v) is 16.0. The van der Waals surface area contributed by atoms with Crippen LogP contribution in [-0.2, 0) is 10.2 Å². The minimum Gasteiger partial charge on any atom is -0.332 e. The Bertz CT molecular complexity index is 606. The van der Waals surface area contributed by atoms with Crippen LogP contribution in [0.15, 0.2) is 42.0 Å². The van der Waals surface area contributed by atoms with Crippen LogP contribution in [0.1, 0.15) is 37.7 Å². The maximum Gasteiger partial charge on any atom is 0.163 e.